The highest BCUT2D eigenvalue weighted by molar-refractivity contribution is 7.09. The molecule has 0 saturated carbocycles. The molecule has 2 aliphatic rings. The molecule has 0 bridgehead atoms. The molecule has 0 atom stereocenters. The average molecular weight is 409 g/mol. The van der Waals surface area contributed by atoms with Gasteiger partial charge in [-0.25, -0.2) is 4.98 Å². The number of nitrogens with one attached hydrogen (secondary N) is 1. The number of amides is 1. The van der Waals surface area contributed by atoms with Gasteiger partial charge in [0.2, 0.25) is 12.7 Å². The summed E-state index contributed by atoms with van der Waals surface area (Å²) in [5.41, 5.74) is 1.67. The monoisotopic (exact) mass is 408 g/mol. The van der Waals surface area contributed by atoms with Crippen molar-refractivity contribution in [3.8, 4) is 11.5 Å². The van der Waals surface area contributed by atoms with E-state index in [2.05, 4.69) is 25.5 Å². The third kappa shape index (κ3) is 4.52. The third-order valence-corrected chi connectivity index (χ3v) is 5.76. The summed E-state index contributed by atoms with van der Waals surface area (Å²) in [5, 5.41) is 6.53. The summed E-state index contributed by atoms with van der Waals surface area (Å²) in [6, 6.07) is 3.37. The highest BCUT2D eigenvalue weighted by Crippen LogP contribution is 2.39. The molecule has 1 aromatic heterocycles. The second-order valence-electron chi connectivity index (χ2n) is 6.64. The maximum Gasteiger partial charge on any atom is 0.238 e. The average Bonchev–Trinajstić information content (AvgIpc) is 3.25. The summed E-state index contributed by atoms with van der Waals surface area (Å²) in [4.78, 5) is 21.4. The van der Waals surface area contributed by atoms with E-state index in [-0.39, 0.29) is 12.7 Å². The summed E-state index contributed by atoms with van der Waals surface area (Å²) in [5.74, 6) is 1.12. The molecule has 1 amide bonds. The van der Waals surface area contributed by atoms with E-state index in [1.807, 2.05) is 6.92 Å². The molecule has 144 valence electrons. The van der Waals surface area contributed by atoms with E-state index in [1.165, 1.54) is 0 Å². The lowest BCUT2D eigenvalue weighted by Gasteiger charge is -2.33. The van der Waals surface area contributed by atoms with Gasteiger partial charge in [-0.3, -0.25) is 14.6 Å². The highest BCUT2D eigenvalue weighted by atomic mass is 35.5. The van der Waals surface area contributed by atoms with Gasteiger partial charge in [-0.1, -0.05) is 11.6 Å². The van der Waals surface area contributed by atoms with Crippen molar-refractivity contribution >= 4 is 34.5 Å². The molecule has 0 aliphatic carbocycles. The Kier molecular flexibility index (Phi) is 5.49. The number of piperazine rings is 1. The second-order valence-corrected chi connectivity index (χ2v) is 8.11. The minimum Gasteiger partial charge on any atom is -0.454 e. The second kappa shape index (κ2) is 8.02. The molecule has 1 saturated heterocycles. The molecule has 2 aliphatic heterocycles. The minimum atomic E-state index is -0.0839. The Morgan fingerprint density at radius 2 is 1.93 bits per heavy atom. The number of aryl methyl sites for hydroxylation is 1. The molecule has 1 N–H and O–H groups in total. The van der Waals surface area contributed by atoms with Crippen LogP contribution in [0.15, 0.2) is 17.5 Å². The number of anilines is 1. The van der Waals surface area contributed by atoms with Crippen LogP contribution >= 0.6 is 22.9 Å². The zero-order chi connectivity index (χ0) is 18.8. The van der Waals surface area contributed by atoms with Crippen molar-refractivity contribution in [1.29, 1.82) is 0 Å². The first-order chi connectivity index (χ1) is 13.1. The Labute approximate surface area is 166 Å². The van der Waals surface area contributed by atoms with Crippen LogP contribution in [0, 0.1) is 6.92 Å². The van der Waals surface area contributed by atoms with Gasteiger partial charge in [0.15, 0.2) is 11.5 Å². The maximum absolute atomic E-state index is 12.4. The first-order valence-corrected chi connectivity index (χ1v) is 10.1. The van der Waals surface area contributed by atoms with Crippen molar-refractivity contribution < 1.29 is 14.3 Å². The van der Waals surface area contributed by atoms with Gasteiger partial charge in [0.05, 0.1) is 28.0 Å². The Morgan fingerprint density at radius 1 is 1.22 bits per heavy atom. The topological polar surface area (TPSA) is 66.9 Å². The number of hydrogen-bond acceptors (Lipinski definition) is 7. The van der Waals surface area contributed by atoms with E-state index >= 15 is 0 Å². The minimum absolute atomic E-state index is 0.0839. The number of nitrogens with zero attached hydrogens (tertiary/aromatic N) is 3. The first kappa shape index (κ1) is 18.5. The van der Waals surface area contributed by atoms with Crippen molar-refractivity contribution in [2.24, 2.45) is 0 Å². The molecule has 9 heteroatoms. The van der Waals surface area contributed by atoms with Gasteiger partial charge < -0.3 is 14.8 Å². The Bertz CT molecular complexity index is 836. The van der Waals surface area contributed by atoms with Gasteiger partial charge in [0.1, 0.15) is 0 Å². The maximum atomic E-state index is 12.4. The van der Waals surface area contributed by atoms with Gasteiger partial charge in [0.25, 0.3) is 0 Å². The van der Waals surface area contributed by atoms with Crippen LogP contribution in [0.1, 0.15) is 10.7 Å². The predicted octanol–water partition coefficient (Wildman–Crippen LogP) is 2.59. The Hall–Kier alpha value is -1.87. The fourth-order valence-corrected chi connectivity index (χ4v) is 4.03. The molecule has 1 aromatic carbocycles. The van der Waals surface area contributed by atoms with Crippen LogP contribution < -0.4 is 14.8 Å². The van der Waals surface area contributed by atoms with Crippen LogP contribution in [0.4, 0.5) is 5.69 Å². The number of carbonyl (C=O) groups is 1. The standard InChI is InChI=1S/C18H21ClN4O3S/c1-12-20-13(10-27-12)8-22-2-4-23(5-3-22)9-18(24)21-15-7-17-16(6-14(15)19)25-11-26-17/h6-7,10H,2-5,8-9,11H2,1H3,(H,21,24). The number of carbonyl (C=O) groups excluding carboxylic acids is 1. The van der Waals surface area contributed by atoms with E-state index in [0.29, 0.717) is 28.8 Å². The molecule has 1 fully saturated rings. The summed E-state index contributed by atoms with van der Waals surface area (Å²) in [6.45, 7) is 6.97. The molecule has 0 spiro atoms. The van der Waals surface area contributed by atoms with Gasteiger partial charge in [-0.05, 0) is 6.92 Å². The molecule has 7 nitrogen and oxygen atoms in total. The number of hydrogen-bond donors (Lipinski definition) is 1. The summed E-state index contributed by atoms with van der Waals surface area (Å²) >= 11 is 7.90. The number of benzene rings is 1. The summed E-state index contributed by atoms with van der Waals surface area (Å²) in [6.07, 6.45) is 0. The normalized spacial score (nSPS) is 17.3. The highest BCUT2D eigenvalue weighted by Gasteiger charge is 2.21. The van der Waals surface area contributed by atoms with Crippen LogP contribution in [0.2, 0.25) is 5.02 Å². The van der Waals surface area contributed by atoms with Gasteiger partial charge >= 0.3 is 0 Å². The predicted molar refractivity (Wildman–Crippen MR) is 105 cm³/mol. The molecular weight excluding hydrogens is 388 g/mol. The van der Waals surface area contributed by atoms with Crippen LogP contribution in [-0.2, 0) is 11.3 Å². The van der Waals surface area contributed by atoms with Crippen molar-refractivity contribution in [3.63, 3.8) is 0 Å². The Morgan fingerprint density at radius 3 is 2.63 bits per heavy atom. The Balaban J connectivity index is 1.26. The van der Waals surface area contributed by atoms with Crippen LogP contribution in [0.5, 0.6) is 11.5 Å². The van der Waals surface area contributed by atoms with Crippen LogP contribution in [-0.4, -0.2) is 60.2 Å². The van der Waals surface area contributed by atoms with Crippen LogP contribution in [0.3, 0.4) is 0 Å². The van der Waals surface area contributed by atoms with Gasteiger partial charge in [-0.15, -0.1) is 11.3 Å². The van der Waals surface area contributed by atoms with Gasteiger partial charge in [0, 0.05) is 50.2 Å². The van der Waals surface area contributed by atoms with Gasteiger partial charge in [-0.2, -0.15) is 0 Å². The van der Waals surface area contributed by atoms with Crippen LogP contribution in [0.25, 0.3) is 0 Å². The van der Waals surface area contributed by atoms with Crippen molar-refractivity contribution in [2.75, 3.05) is 44.8 Å². The number of thiazole rings is 1. The van der Waals surface area contributed by atoms with E-state index in [1.54, 1.807) is 23.5 Å². The fourth-order valence-electron chi connectivity index (χ4n) is 3.22. The molecule has 0 radical (unpaired) electrons. The zero-order valence-electron chi connectivity index (χ0n) is 15.0. The smallest absolute Gasteiger partial charge is 0.238 e. The number of rotatable bonds is 5. The molecule has 27 heavy (non-hydrogen) atoms. The molecule has 0 unspecified atom stereocenters. The van der Waals surface area contributed by atoms with Crippen molar-refractivity contribution in [1.82, 2.24) is 14.8 Å². The number of ether oxygens (including phenoxy) is 2. The summed E-state index contributed by atoms with van der Waals surface area (Å²) in [7, 11) is 0. The van der Waals surface area contributed by atoms with E-state index in [9.17, 15) is 4.79 Å². The fraction of sp³-hybridized carbons (Fsp3) is 0.444. The summed E-state index contributed by atoms with van der Waals surface area (Å²) < 4.78 is 10.6. The quantitative estimate of drug-likeness (QED) is 0.820. The number of fused-ring (bicyclic) bond motifs is 1. The SMILES string of the molecule is Cc1nc(CN2CCN(CC(=O)Nc3cc4c(cc3Cl)OCO4)CC2)cs1. The molecule has 4 rings (SSSR count). The number of aromatic nitrogens is 1. The molecule has 3 heterocycles. The lowest BCUT2D eigenvalue weighted by molar-refractivity contribution is -0.117. The lowest BCUT2D eigenvalue weighted by atomic mass is 10.2. The number of halogens is 1. The largest absolute Gasteiger partial charge is 0.454 e. The van der Waals surface area contributed by atoms with E-state index in [0.717, 1.165) is 43.4 Å². The zero-order valence-corrected chi connectivity index (χ0v) is 16.6. The lowest BCUT2D eigenvalue weighted by Crippen LogP contribution is -2.48. The van der Waals surface area contributed by atoms with Crippen molar-refractivity contribution in [3.05, 3.63) is 33.2 Å². The first-order valence-electron chi connectivity index (χ1n) is 8.81. The molecular formula is C18H21ClN4O3S. The third-order valence-electron chi connectivity index (χ3n) is 4.62. The van der Waals surface area contributed by atoms with Crippen molar-refractivity contribution in [2.45, 2.75) is 13.5 Å². The molecule has 2 aromatic rings. The van der Waals surface area contributed by atoms with E-state index < -0.39 is 0 Å². The van der Waals surface area contributed by atoms with E-state index in [4.69, 9.17) is 21.1 Å².